The number of nitrogens with zero attached hydrogens (tertiary/aromatic N) is 1. The van der Waals surface area contributed by atoms with Gasteiger partial charge in [0.2, 0.25) is 5.91 Å². The Morgan fingerprint density at radius 3 is 2.45 bits per heavy atom. The van der Waals surface area contributed by atoms with Crippen molar-refractivity contribution in [3.05, 3.63) is 65.1 Å². The number of rotatable bonds is 4. The van der Waals surface area contributed by atoms with Crippen LogP contribution < -0.4 is 14.4 Å². The van der Waals surface area contributed by atoms with E-state index in [-0.39, 0.29) is 23.9 Å². The van der Waals surface area contributed by atoms with Gasteiger partial charge in [0.1, 0.15) is 17.3 Å². The molecule has 1 atom stereocenters. The maximum Gasteiger partial charge on any atom is 0.232 e. The number of hydrogen-bond acceptors (Lipinski definition) is 4. The molecule has 2 aromatic rings. The van der Waals surface area contributed by atoms with E-state index >= 15 is 0 Å². The van der Waals surface area contributed by atoms with Crippen molar-refractivity contribution < 1.29 is 23.5 Å². The number of benzene rings is 2. The fourth-order valence-corrected chi connectivity index (χ4v) is 4.26. The molecule has 0 bridgehead atoms. The van der Waals surface area contributed by atoms with E-state index in [2.05, 4.69) is 0 Å². The Bertz CT molecular complexity index is 996. The van der Waals surface area contributed by atoms with Gasteiger partial charge in [0, 0.05) is 41.3 Å². The number of Topliss-reactive ketones (excluding diaryl/α,β-unsaturated/α-hetero) is 1. The summed E-state index contributed by atoms with van der Waals surface area (Å²) in [5, 5.41) is 0. The standard InChI is InChI=1S/C23H22FNO4/c1-28-16-10-11-21(29-2)17(12-16)18-13-22(27)25(15-8-6-14(24)7-9-15)19-4-3-5-20(26)23(18)19/h6-12,18H,3-5,13H2,1-2H3/t18-/m0/s1. The SMILES string of the molecule is COc1ccc(OC)c([C@@H]2CC(=O)N(c3ccc(F)cc3)C3=C2C(=O)CCC3)c1. The first-order valence-electron chi connectivity index (χ1n) is 9.60. The number of ether oxygens (including phenoxy) is 2. The minimum atomic E-state index is -0.396. The Morgan fingerprint density at radius 1 is 1.00 bits per heavy atom. The lowest BCUT2D eigenvalue weighted by molar-refractivity contribution is -0.119. The first-order chi connectivity index (χ1) is 14.0. The Kier molecular flexibility index (Phi) is 5.09. The Morgan fingerprint density at radius 2 is 1.76 bits per heavy atom. The molecule has 1 aliphatic carbocycles. The second kappa shape index (κ2) is 7.70. The van der Waals surface area contributed by atoms with Crippen LogP contribution in [-0.2, 0) is 9.59 Å². The predicted octanol–water partition coefficient (Wildman–Crippen LogP) is 4.37. The zero-order valence-electron chi connectivity index (χ0n) is 16.4. The van der Waals surface area contributed by atoms with E-state index in [4.69, 9.17) is 9.47 Å². The van der Waals surface area contributed by atoms with Gasteiger partial charge in [-0.3, -0.25) is 14.5 Å². The fraction of sp³-hybridized carbons (Fsp3) is 0.304. The summed E-state index contributed by atoms with van der Waals surface area (Å²) in [5.74, 6) is 0.405. The first kappa shape index (κ1) is 19.2. The molecule has 150 valence electrons. The smallest absolute Gasteiger partial charge is 0.232 e. The van der Waals surface area contributed by atoms with Gasteiger partial charge in [-0.25, -0.2) is 4.39 Å². The van der Waals surface area contributed by atoms with Crippen molar-refractivity contribution in [3.63, 3.8) is 0 Å². The second-order valence-corrected chi connectivity index (χ2v) is 7.21. The monoisotopic (exact) mass is 395 g/mol. The van der Waals surface area contributed by atoms with Crippen LogP contribution in [0.3, 0.4) is 0 Å². The van der Waals surface area contributed by atoms with Crippen LogP contribution >= 0.6 is 0 Å². The molecule has 6 heteroatoms. The number of methoxy groups -OCH3 is 2. The van der Waals surface area contributed by atoms with Gasteiger partial charge < -0.3 is 9.47 Å². The lowest BCUT2D eigenvalue weighted by atomic mass is 9.76. The Hall–Kier alpha value is -3.15. The van der Waals surface area contributed by atoms with Crippen LogP contribution in [-0.4, -0.2) is 25.9 Å². The van der Waals surface area contributed by atoms with Gasteiger partial charge in [-0.2, -0.15) is 0 Å². The normalized spacial score (nSPS) is 19.3. The van der Waals surface area contributed by atoms with Crippen molar-refractivity contribution in [1.82, 2.24) is 0 Å². The molecule has 4 rings (SSSR count). The van der Waals surface area contributed by atoms with E-state index < -0.39 is 5.92 Å². The number of amides is 1. The molecular weight excluding hydrogens is 373 g/mol. The van der Waals surface area contributed by atoms with Gasteiger partial charge in [-0.1, -0.05) is 0 Å². The molecule has 1 heterocycles. The van der Waals surface area contributed by atoms with Crippen LogP contribution in [0.15, 0.2) is 53.7 Å². The van der Waals surface area contributed by atoms with Crippen LogP contribution in [0, 0.1) is 5.82 Å². The van der Waals surface area contributed by atoms with Crippen molar-refractivity contribution in [1.29, 1.82) is 0 Å². The molecule has 5 nitrogen and oxygen atoms in total. The summed E-state index contributed by atoms with van der Waals surface area (Å²) in [6.45, 7) is 0. The topological polar surface area (TPSA) is 55.8 Å². The molecule has 29 heavy (non-hydrogen) atoms. The van der Waals surface area contributed by atoms with Gasteiger partial charge in [0.05, 0.1) is 14.2 Å². The van der Waals surface area contributed by atoms with Crippen molar-refractivity contribution in [2.75, 3.05) is 19.1 Å². The first-order valence-corrected chi connectivity index (χ1v) is 9.60. The van der Waals surface area contributed by atoms with E-state index in [9.17, 15) is 14.0 Å². The molecule has 2 aromatic carbocycles. The summed E-state index contributed by atoms with van der Waals surface area (Å²) in [6, 6.07) is 11.2. The number of allylic oxidation sites excluding steroid dienone is 2. The highest BCUT2D eigenvalue weighted by Gasteiger charge is 2.40. The van der Waals surface area contributed by atoms with Crippen LogP contribution in [0.4, 0.5) is 10.1 Å². The molecule has 0 aromatic heterocycles. The van der Waals surface area contributed by atoms with Crippen molar-refractivity contribution in [2.45, 2.75) is 31.6 Å². The van der Waals surface area contributed by atoms with E-state index in [1.165, 1.54) is 12.1 Å². The fourth-order valence-electron chi connectivity index (χ4n) is 4.26. The van der Waals surface area contributed by atoms with Crippen molar-refractivity contribution >= 4 is 17.4 Å². The second-order valence-electron chi connectivity index (χ2n) is 7.21. The quantitative estimate of drug-likeness (QED) is 0.771. The van der Waals surface area contributed by atoms with Crippen LogP contribution in [0.2, 0.25) is 0 Å². The van der Waals surface area contributed by atoms with Crippen LogP contribution in [0.1, 0.15) is 37.2 Å². The molecule has 0 fully saturated rings. The van der Waals surface area contributed by atoms with E-state index in [0.29, 0.717) is 47.7 Å². The number of ketones is 1. The van der Waals surface area contributed by atoms with Gasteiger partial charge in [-0.15, -0.1) is 0 Å². The summed E-state index contributed by atoms with van der Waals surface area (Å²) in [6.07, 6.45) is 1.89. The van der Waals surface area contributed by atoms with Gasteiger partial charge >= 0.3 is 0 Å². The predicted molar refractivity (Wildman–Crippen MR) is 107 cm³/mol. The number of halogens is 1. The Labute approximate surface area is 168 Å². The van der Waals surface area contributed by atoms with Crippen LogP contribution in [0.25, 0.3) is 0 Å². The Balaban J connectivity index is 1.88. The number of hydrogen-bond donors (Lipinski definition) is 0. The highest BCUT2D eigenvalue weighted by Crippen LogP contribution is 2.46. The molecule has 0 unspecified atom stereocenters. The van der Waals surface area contributed by atoms with E-state index in [1.807, 2.05) is 6.07 Å². The molecule has 1 amide bonds. The lowest BCUT2D eigenvalue weighted by Crippen LogP contribution is -2.40. The zero-order chi connectivity index (χ0) is 20.5. The third-order valence-corrected chi connectivity index (χ3v) is 5.57. The molecule has 2 aliphatic rings. The number of carbonyl (C=O) groups is 2. The third-order valence-electron chi connectivity index (χ3n) is 5.57. The number of carbonyl (C=O) groups excluding carboxylic acids is 2. The molecule has 0 saturated heterocycles. The molecule has 0 spiro atoms. The van der Waals surface area contributed by atoms with Crippen molar-refractivity contribution in [3.8, 4) is 11.5 Å². The summed E-state index contributed by atoms with van der Waals surface area (Å²) in [7, 11) is 3.14. The number of anilines is 1. The third kappa shape index (κ3) is 3.39. The molecule has 0 saturated carbocycles. The largest absolute Gasteiger partial charge is 0.497 e. The zero-order valence-corrected chi connectivity index (χ0v) is 16.4. The minimum Gasteiger partial charge on any atom is -0.497 e. The average Bonchev–Trinajstić information content (AvgIpc) is 2.73. The maximum absolute atomic E-state index is 13.4. The molecule has 0 N–H and O–H groups in total. The highest BCUT2D eigenvalue weighted by molar-refractivity contribution is 6.07. The highest BCUT2D eigenvalue weighted by atomic mass is 19.1. The summed E-state index contributed by atoms with van der Waals surface area (Å²) in [4.78, 5) is 27.7. The van der Waals surface area contributed by atoms with Gasteiger partial charge in [0.15, 0.2) is 5.78 Å². The average molecular weight is 395 g/mol. The minimum absolute atomic E-state index is 0.0423. The summed E-state index contributed by atoms with van der Waals surface area (Å²) >= 11 is 0. The van der Waals surface area contributed by atoms with E-state index in [0.717, 1.165) is 5.56 Å². The lowest BCUT2D eigenvalue weighted by Gasteiger charge is -2.38. The summed E-state index contributed by atoms with van der Waals surface area (Å²) < 4.78 is 24.3. The molecule has 1 aliphatic heterocycles. The maximum atomic E-state index is 13.4. The molecule has 0 radical (unpaired) electrons. The van der Waals surface area contributed by atoms with Crippen LogP contribution in [0.5, 0.6) is 11.5 Å². The van der Waals surface area contributed by atoms with Gasteiger partial charge in [-0.05, 0) is 55.3 Å². The van der Waals surface area contributed by atoms with Crippen molar-refractivity contribution in [2.24, 2.45) is 0 Å². The van der Waals surface area contributed by atoms with Gasteiger partial charge in [0.25, 0.3) is 0 Å². The molecular formula is C23H22FNO4. The van der Waals surface area contributed by atoms with E-state index in [1.54, 1.807) is 43.4 Å². The summed E-state index contributed by atoms with van der Waals surface area (Å²) in [5.41, 5.74) is 2.70.